The standard InChI is InChI=1S/C24H29FN4O/c1-26-24(27-12-11-18-15-28-22-14-20(25)9-10-21(18)22)29-16-19-8-5-13-30-23(19)17-6-3-2-4-7-17/h2-4,6-7,9-10,14-15,19,23,28H,5,8,11-13,16H2,1H3,(H2,26,27,29). The SMILES string of the molecule is CN=C(NCCc1c[nH]c2cc(F)ccc12)NCC1CCCOC1c1ccccc1. The first-order chi connectivity index (χ1) is 14.7. The van der Waals surface area contributed by atoms with Gasteiger partial charge in [-0.25, -0.2) is 4.39 Å². The fourth-order valence-electron chi connectivity index (χ4n) is 4.19. The van der Waals surface area contributed by atoms with Gasteiger partial charge >= 0.3 is 0 Å². The highest BCUT2D eigenvalue weighted by atomic mass is 19.1. The van der Waals surface area contributed by atoms with Gasteiger partial charge in [-0.3, -0.25) is 4.99 Å². The van der Waals surface area contributed by atoms with E-state index in [0.717, 1.165) is 61.4 Å². The Morgan fingerprint density at radius 2 is 2.07 bits per heavy atom. The molecule has 5 nitrogen and oxygen atoms in total. The van der Waals surface area contributed by atoms with Crippen molar-refractivity contribution in [2.75, 3.05) is 26.7 Å². The molecule has 2 unspecified atom stereocenters. The van der Waals surface area contributed by atoms with Crippen molar-refractivity contribution in [2.24, 2.45) is 10.9 Å². The molecule has 0 amide bonds. The normalized spacial score (nSPS) is 19.7. The predicted octanol–water partition coefficient (Wildman–Crippen LogP) is 4.18. The van der Waals surface area contributed by atoms with E-state index < -0.39 is 0 Å². The van der Waals surface area contributed by atoms with Gasteiger partial charge < -0.3 is 20.4 Å². The largest absolute Gasteiger partial charge is 0.373 e. The van der Waals surface area contributed by atoms with Crippen LogP contribution in [-0.2, 0) is 11.2 Å². The molecule has 30 heavy (non-hydrogen) atoms. The zero-order valence-corrected chi connectivity index (χ0v) is 17.3. The molecule has 0 saturated carbocycles. The van der Waals surface area contributed by atoms with Crippen LogP contribution in [0.5, 0.6) is 0 Å². The Morgan fingerprint density at radius 1 is 1.20 bits per heavy atom. The van der Waals surface area contributed by atoms with Crippen molar-refractivity contribution in [2.45, 2.75) is 25.4 Å². The van der Waals surface area contributed by atoms with Crippen LogP contribution in [0.2, 0.25) is 0 Å². The summed E-state index contributed by atoms with van der Waals surface area (Å²) in [4.78, 5) is 7.50. The van der Waals surface area contributed by atoms with E-state index in [9.17, 15) is 4.39 Å². The molecule has 1 saturated heterocycles. The van der Waals surface area contributed by atoms with E-state index >= 15 is 0 Å². The summed E-state index contributed by atoms with van der Waals surface area (Å²) in [6, 6.07) is 15.3. The number of halogens is 1. The van der Waals surface area contributed by atoms with Crippen LogP contribution in [0.1, 0.15) is 30.1 Å². The van der Waals surface area contributed by atoms with E-state index in [1.54, 1.807) is 7.05 Å². The Hall–Kier alpha value is -2.86. The number of hydrogen-bond acceptors (Lipinski definition) is 2. The average molecular weight is 409 g/mol. The molecule has 1 aromatic heterocycles. The first-order valence-electron chi connectivity index (χ1n) is 10.6. The van der Waals surface area contributed by atoms with Gasteiger partial charge in [0.25, 0.3) is 0 Å². The van der Waals surface area contributed by atoms with Crippen molar-refractivity contribution in [1.82, 2.24) is 15.6 Å². The molecule has 2 atom stereocenters. The van der Waals surface area contributed by atoms with E-state index in [1.807, 2.05) is 18.3 Å². The second-order valence-electron chi connectivity index (χ2n) is 7.74. The number of aromatic nitrogens is 1. The maximum Gasteiger partial charge on any atom is 0.190 e. The third-order valence-electron chi connectivity index (χ3n) is 5.74. The summed E-state index contributed by atoms with van der Waals surface area (Å²) in [6.07, 6.45) is 5.12. The number of ether oxygens (including phenoxy) is 1. The predicted molar refractivity (Wildman–Crippen MR) is 119 cm³/mol. The van der Waals surface area contributed by atoms with E-state index in [2.05, 4.69) is 44.9 Å². The van der Waals surface area contributed by atoms with Crippen LogP contribution in [-0.4, -0.2) is 37.7 Å². The Kier molecular flexibility index (Phi) is 6.64. The van der Waals surface area contributed by atoms with Crippen LogP contribution < -0.4 is 10.6 Å². The molecule has 1 fully saturated rings. The quantitative estimate of drug-likeness (QED) is 0.424. The van der Waals surface area contributed by atoms with E-state index in [4.69, 9.17) is 4.74 Å². The third-order valence-corrected chi connectivity index (χ3v) is 5.74. The number of benzene rings is 2. The first-order valence-corrected chi connectivity index (χ1v) is 10.6. The van der Waals surface area contributed by atoms with Crippen molar-refractivity contribution in [3.63, 3.8) is 0 Å². The second kappa shape index (κ2) is 9.76. The van der Waals surface area contributed by atoms with E-state index in [1.165, 1.54) is 17.7 Å². The van der Waals surface area contributed by atoms with Crippen molar-refractivity contribution >= 4 is 16.9 Å². The summed E-state index contributed by atoms with van der Waals surface area (Å²) in [6.45, 7) is 2.37. The van der Waals surface area contributed by atoms with Crippen LogP contribution >= 0.6 is 0 Å². The second-order valence-corrected chi connectivity index (χ2v) is 7.74. The van der Waals surface area contributed by atoms with Crippen LogP contribution in [0.3, 0.4) is 0 Å². The number of rotatable bonds is 6. The highest BCUT2D eigenvalue weighted by Crippen LogP contribution is 2.33. The van der Waals surface area contributed by atoms with Crippen LogP contribution in [0.15, 0.2) is 59.7 Å². The van der Waals surface area contributed by atoms with Gasteiger partial charge in [0.1, 0.15) is 5.82 Å². The van der Waals surface area contributed by atoms with Crippen molar-refractivity contribution in [1.29, 1.82) is 0 Å². The highest BCUT2D eigenvalue weighted by molar-refractivity contribution is 5.83. The van der Waals surface area contributed by atoms with Crippen molar-refractivity contribution < 1.29 is 9.13 Å². The number of aliphatic imine (C=N–C) groups is 1. The highest BCUT2D eigenvalue weighted by Gasteiger charge is 2.27. The fraction of sp³-hybridized carbons (Fsp3) is 0.375. The van der Waals surface area contributed by atoms with Gasteiger partial charge in [0.2, 0.25) is 0 Å². The summed E-state index contributed by atoms with van der Waals surface area (Å²) in [5.74, 6) is 0.973. The third kappa shape index (κ3) is 4.82. The number of hydrogen-bond donors (Lipinski definition) is 3. The van der Waals surface area contributed by atoms with Gasteiger partial charge in [0, 0.05) is 49.8 Å². The van der Waals surface area contributed by atoms with Gasteiger partial charge in [-0.05, 0) is 48.6 Å². The lowest BCUT2D eigenvalue weighted by Crippen LogP contribution is -2.42. The molecule has 0 radical (unpaired) electrons. The van der Waals surface area contributed by atoms with Crippen LogP contribution in [0, 0.1) is 11.7 Å². The molecule has 1 aliphatic heterocycles. The molecule has 0 bridgehead atoms. The monoisotopic (exact) mass is 408 g/mol. The Balaban J connectivity index is 1.30. The minimum absolute atomic E-state index is 0.122. The average Bonchev–Trinajstić information content (AvgIpc) is 3.18. The summed E-state index contributed by atoms with van der Waals surface area (Å²) in [7, 11) is 1.79. The number of guanidine groups is 1. The molecule has 0 spiro atoms. The molecule has 158 valence electrons. The van der Waals surface area contributed by atoms with Gasteiger partial charge in [-0.2, -0.15) is 0 Å². The lowest BCUT2D eigenvalue weighted by atomic mass is 9.89. The first kappa shape index (κ1) is 20.4. The molecule has 2 aromatic carbocycles. The van der Waals surface area contributed by atoms with Gasteiger partial charge in [-0.15, -0.1) is 0 Å². The number of nitrogens with one attached hydrogen (secondary N) is 3. The molecule has 2 heterocycles. The summed E-state index contributed by atoms with van der Waals surface area (Å²) >= 11 is 0. The molecule has 4 rings (SSSR count). The van der Waals surface area contributed by atoms with Crippen molar-refractivity contribution in [3.8, 4) is 0 Å². The number of aromatic amines is 1. The number of nitrogens with zero attached hydrogens (tertiary/aromatic N) is 1. The van der Waals surface area contributed by atoms with Crippen LogP contribution in [0.25, 0.3) is 10.9 Å². The van der Waals surface area contributed by atoms with Gasteiger partial charge in [0.15, 0.2) is 5.96 Å². The Bertz CT molecular complexity index is 985. The maximum absolute atomic E-state index is 13.4. The molecule has 6 heteroatoms. The number of fused-ring (bicyclic) bond motifs is 1. The fourth-order valence-corrected chi connectivity index (χ4v) is 4.19. The molecule has 0 aliphatic carbocycles. The number of H-pyrrole nitrogens is 1. The maximum atomic E-state index is 13.4. The topological polar surface area (TPSA) is 61.4 Å². The van der Waals surface area contributed by atoms with Gasteiger partial charge in [-0.1, -0.05) is 30.3 Å². The minimum Gasteiger partial charge on any atom is -0.373 e. The molecular weight excluding hydrogens is 379 g/mol. The zero-order valence-electron chi connectivity index (χ0n) is 17.3. The smallest absolute Gasteiger partial charge is 0.190 e. The lowest BCUT2D eigenvalue weighted by molar-refractivity contribution is -0.0265. The molecule has 3 aromatic rings. The zero-order chi connectivity index (χ0) is 20.8. The Morgan fingerprint density at radius 3 is 2.90 bits per heavy atom. The van der Waals surface area contributed by atoms with E-state index in [-0.39, 0.29) is 11.9 Å². The molecule has 3 N–H and O–H groups in total. The van der Waals surface area contributed by atoms with Gasteiger partial charge in [0.05, 0.1) is 6.10 Å². The van der Waals surface area contributed by atoms with Crippen LogP contribution in [0.4, 0.5) is 4.39 Å². The summed E-state index contributed by atoms with van der Waals surface area (Å²) in [5.41, 5.74) is 3.23. The Labute approximate surface area is 176 Å². The summed E-state index contributed by atoms with van der Waals surface area (Å²) in [5, 5.41) is 7.91. The minimum atomic E-state index is -0.223. The molecule has 1 aliphatic rings. The van der Waals surface area contributed by atoms with Crippen molar-refractivity contribution in [3.05, 3.63) is 71.7 Å². The van der Waals surface area contributed by atoms with E-state index in [0.29, 0.717) is 5.92 Å². The lowest BCUT2D eigenvalue weighted by Gasteiger charge is -2.32. The molecular formula is C24H29FN4O. The summed E-state index contributed by atoms with van der Waals surface area (Å²) < 4.78 is 19.4.